The number of likely N-dealkylation sites (tertiary alicyclic amines) is 1. The van der Waals surface area contributed by atoms with E-state index in [1.165, 1.54) is 0 Å². The fourth-order valence-corrected chi connectivity index (χ4v) is 2.50. The van der Waals surface area contributed by atoms with E-state index in [0.29, 0.717) is 32.7 Å². The Hall–Kier alpha value is -1.14. The zero-order valence-electron chi connectivity index (χ0n) is 11.5. The highest BCUT2D eigenvalue weighted by molar-refractivity contribution is 5.81. The Morgan fingerprint density at radius 2 is 2.11 bits per heavy atom. The molecule has 6 heteroatoms. The first-order valence-corrected chi connectivity index (χ1v) is 7.11. The predicted molar refractivity (Wildman–Crippen MR) is 70.6 cm³/mol. The molecule has 0 radical (unpaired) electrons. The van der Waals surface area contributed by atoms with Crippen LogP contribution in [0.1, 0.15) is 26.2 Å². The molecule has 2 amide bonds. The SMILES string of the molecule is CCC(=O)NC1CCN(C(=O)C2CNCCO2)CC1. The van der Waals surface area contributed by atoms with Gasteiger partial charge in [0.2, 0.25) is 5.91 Å². The summed E-state index contributed by atoms with van der Waals surface area (Å²) in [5, 5.41) is 6.15. The quantitative estimate of drug-likeness (QED) is 0.724. The second kappa shape index (κ2) is 6.86. The monoisotopic (exact) mass is 269 g/mol. The molecule has 0 spiro atoms. The van der Waals surface area contributed by atoms with Crippen LogP contribution < -0.4 is 10.6 Å². The van der Waals surface area contributed by atoms with Crippen molar-refractivity contribution in [2.75, 3.05) is 32.8 Å². The van der Waals surface area contributed by atoms with Crippen LogP contribution in [0.15, 0.2) is 0 Å². The molecule has 0 aromatic carbocycles. The van der Waals surface area contributed by atoms with Gasteiger partial charge in [-0.25, -0.2) is 0 Å². The third-order valence-electron chi connectivity index (χ3n) is 3.70. The molecule has 0 aromatic heterocycles. The highest BCUT2D eigenvalue weighted by Crippen LogP contribution is 2.13. The second-order valence-electron chi connectivity index (χ2n) is 5.08. The van der Waals surface area contributed by atoms with Gasteiger partial charge in [0.05, 0.1) is 6.61 Å². The van der Waals surface area contributed by atoms with Gasteiger partial charge in [-0.15, -0.1) is 0 Å². The van der Waals surface area contributed by atoms with Gasteiger partial charge < -0.3 is 20.3 Å². The maximum Gasteiger partial charge on any atom is 0.253 e. The van der Waals surface area contributed by atoms with Gasteiger partial charge >= 0.3 is 0 Å². The smallest absolute Gasteiger partial charge is 0.253 e. The average molecular weight is 269 g/mol. The van der Waals surface area contributed by atoms with Crippen molar-refractivity contribution in [3.63, 3.8) is 0 Å². The van der Waals surface area contributed by atoms with Crippen LogP contribution in [0.4, 0.5) is 0 Å². The van der Waals surface area contributed by atoms with E-state index in [1.54, 1.807) is 0 Å². The Labute approximate surface area is 113 Å². The number of hydrogen-bond acceptors (Lipinski definition) is 4. The molecule has 19 heavy (non-hydrogen) atoms. The van der Waals surface area contributed by atoms with Crippen LogP contribution in [0.3, 0.4) is 0 Å². The van der Waals surface area contributed by atoms with Crippen molar-refractivity contribution >= 4 is 11.8 Å². The summed E-state index contributed by atoms with van der Waals surface area (Å²) < 4.78 is 5.48. The van der Waals surface area contributed by atoms with E-state index in [-0.39, 0.29) is 24.0 Å². The van der Waals surface area contributed by atoms with E-state index < -0.39 is 0 Å². The van der Waals surface area contributed by atoms with E-state index >= 15 is 0 Å². The highest BCUT2D eigenvalue weighted by atomic mass is 16.5. The molecule has 0 aliphatic carbocycles. The van der Waals surface area contributed by atoms with Gasteiger partial charge in [-0.2, -0.15) is 0 Å². The molecule has 108 valence electrons. The van der Waals surface area contributed by atoms with Crippen molar-refractivity contribution in [2.45, 2.75) is 38.3 Å². The number of ether oxygens (including phenoxy) is 1. The topological polar surface area (TPSA) is 70.7 Å². The number of piperidine rings is 1. The number of amides is 2. The minimum Gasteiger partial charge on any atom is -0.366 e. The summed E-state index contributed by atoms with van der Waals surface area (Å²) in [6.07, 6.45) is 1.84. The van der Waals surface area contributed by atoms with Crippen molar-refractivity contribution in [3.8, 4) is 0 Å². The van der Waals surface area contributed by atoms with Crippen LogP contribution >= 0.6 is 0 Å². The lowest BCUT2D eigenvalue weighted by Crippen LogP contribution is -2.53. The fourth-order valence-electron chi connectivity index (χ4n) is 2.50. The summed E-state index contributed by atoms with van der Waals surface area (Å²) >= 11 is 0. The van der Waals surface area contributed by atoms with Crippen molar-refractivity contribution < 1.29 is 14.3 Å². The maximum atomic E-state index is 12.2. The van der Waals surface area contributed by atoms with Crippen molar-refractivity contribution in [1.82, 2.24) is 15.5 Å². The van der Waals surface area contributed by atoms with Gasteiger partial charge in [0.1, 0.15) is 6.10 Å². The molecule has 2 saturated heterocycles. The fraction of sp³-hybridized carbons (Fsp3) is 0.846. The molecule has 0 saturated carbocycles. The summed E-state index contributed by atoms with van der Waals surface area (Å²) in [5.74, 6) is 0.164. The molecular weight excluding hydrogens is 246 g/mol. The molecule has 2 fully saturated rings. The lowest BCUT2D eigenvalue weighted by molar-refractivity contribution is -0.146. The number of rotatable bonds is 3. The molecule has 2 aliphatic rings. The number of carbonyl (C=O) groups is 2. The van der Waals surface area contributed by atoms with E-state index in [4.69, 9.17) is 4.74 Å². The van der Waals surface area contributed by atoms with Crippen LogP contribution in [0, 0.1) is 0 Å². The lowest BCUT2D eigenvalue weighted by atomic mass is 10.0. The normalized spacial score (nSPS) is 25.1. The summed E-state index contributed by atoms with van der Waals surface area (Å²) in [4.78, 5) is 25.4. The second-order valence-corrected chi connectivity index (χ2v) is 5.08. The number of hydrogen-bond donors (Lipinski definition) is 2. The molecular formula is C13H23N3O3. The highest BCUT2D eigenvalue weighted by Gasteiger charge is 2.30. The van der Waals surface area contributed by atoms with E-state index in [2.05, 4.69) is 10.6 Å². The molecule has 6 nitrogen and oxygen atoms in total. The largest absolute Gasteiger partial charge is 0.366 e. The van der Waals surface area contributed by atoms with Crippen LogP contribution in [0.25, 0.3) is 0 Å². The standard InChI is InChI=1S/C13H23N3O3/c1-2-12(17)15-10-3-6-16(7-4-10)13(18)11-9-14-5-8-19-11/h10-11,14H,2-9H2,1H3,(H,15,17). The van der Waals surface area contributed by atoms with Crippen molar-refractivity contribution in [3.05, 3.63) is 0 Å². The Balaban J connectivity index is 1.76. The van der Waals surface area contributed by atoms with Crippen LogP contribution in [-0.4, -0.2) is 61.6 Å². The number of nitrogens with one attached hydrogen (secondary N) is 2. The van der Waals surface area contributed by atoms with Crippen LogP contribution in [-0.2, 0) is 14.3 Å². The predicted octanol–water partition coefficient (Wildman–Crippen LogP) is -0.508. The number of carbonyl (C=O) groups excluding carboxylic acids is 2. The van der Waals surface area contributed by atoms with Gasteiger partial charge in [0.25, 0.3) is 5.91 Å². The Morgan fingerprint density at radius 1 is 1.37 bits per heavy atom. The molecule has 1 unspecified atom stereocenters. The third-order valence-corrected chi connectivity index (χ3v) is 3.70. The van der Waals surface area contributed by atoms with Gasteiger partial charge in [-0.1, -0.05) is 6.92 Å². The third kappa shape index (κ3) is 3.91. The Kier molecular flexibility index (Phi) is 5.15. The van der Waals surface area contributed by atoms with E-state index in [1.807, 2.05) is 11.8 Å². The summed E-state index contributed by atoms with van der Waals surface area (Å²) in [5.41, 5.74) is 0. The molecule has 1 atom stereocenters. The van der Waals surface area contributed by atoms with Gasteiger partial charge in [-0.3, -0.25) is 9.59 Å². The maximum absolute atomic E-state index is 12.2. The van der Waals surface area contributed by atoms with E-state index in [0.717, 1.165) is 19.4 Å². The summed E-state index contributed by atoms with van der Waals surface area (Å²) in [7, 11) is 0. The molecule has 2 N–H and O–H groups in total. The molecule has 2 rings (SSSR count). The average Bonchev–Trinajstić information content (AvgIpc) is 2.48. The molecule has 0 aromatic rings. The minimum atomic E-state index is -0.337. The molecule has 0 bridgehead atoms. The zero-order valence-corrected chi connectivity index (χ0v) is 11.5. The minimum absolute atomic E-state index is 0.0764. The zero-order chi connectivity index (χ0) is 13.7. The van der Waals surface area contributed by atoms with Crippen molar-refractivity contribution in [2.24, 2.45) is 0 Å². The number of morpholine rings is 1. The first-order valence-electron chi connectivity index (χ1n) is 7.11. The van der Waals surface area contributed by atoms with Gasteiger partial charge in [0.15, 0.2) is 0 Å². The summed E-state index contributed by atoms with van der Waals surface area (Å²) in [6.45, 7) is 5.27. The molecule has 2 heterocycles. The van der Waals surface area contributed by atoms with E-state index in [9.17, 15) is 9.59 Å². The van der Waals surface area contributed by atoms with Gasteiger partial charge in [-0.05, 0) is 12.8 Å². The van der Waals surface area contributed by atoms with Crippen LogP contribution in [0.2, 0.25) is 0 Å². The van der Waals surface area contributed by atoms with Crippen molar-refractivity contribution in [1.29, 1.82) is 0 Å². The Bertz CT molecular complexity index is 321. The van der Waals surface area contributed by atoms with Gasteiger partial charge in [0, 0.05) is 38.6 Å². The summed E-state index contributed by atoms with van der Waals surface area (Å²) in [6, 6.07) is 0.210. The first kappa shape index (κ1) is 14.3. The molecule has 2 aliphatic heterocycles. The number of nitrogens with zero attached hydrogens (tertiary/aromatic N) is 1. The van der Waals surface area contributed by atoms with Crippen LogP contribution in [0.5, 0.6) is 0 Å². The Morgan fingerprint density at radius 3 is 2.68 bits per heavy atom. The lowest BCUT2D eigenvalue weighted by Gasteiger charge is -2.35. The first-order chi connectivity index (χ1) is 9.20.